The van der Waals surface area contributed by atoms with Gasteiger partial charge in [0.25, 0.3) is 0 Å². The van der Waals surface area contributed by atoms with Gasteiger partial charge >= 0.3 is 0 Å². The maximum absolute atomic E-state index is 11.6. The molecule has 1 rings (SSSR count). The summed E-state index contributed by atoms with van der Waals surface area (Å²) in [7, 11) is 3.06. The minimum atomic E-state index is -0.643. The summed E-state index contributed by atoms with van der Waals surface area (Å²) in [5.74, 6) is 0.607. The van der Waals surface area contributed by atoms with Crippen LogP contribution in [0.2, 0.25) is 0 Å². The number of nitrogens with one attached hydrogen (secondary N) is 1. The number of methoxy groups -OCH3 is 2. The summed E-state index contributed by atoms with van der Waals surface area (Å²) in [5.41, 5.74) is 14.3. The molecule has 0 aliphatic heterocycles. The normalized spacial score (nSPS) is 11.3. The molecule has 0 fully saturated rings. The SMILES string of the molecule is COc1ccc(C(NCCCN=[N+]=[N-])C(N)=O)cc1OC. The fourth-order valence-corrected chi connectivity index (χ4v) is 1.86. The maximum atomic E-state index is 11.6. The number of rotatable bonds is 9. The van der Waals surface area contributed by atoms with Gasteiger partial charge < -0.3 is 20.5 Å². The Labute approximate surface area is 122 Å². The standard InChI is InChI=1S/C13H19N5O3/c1-20-10-5-4-9(8-11(10)21-2)12(13(14)19)16-6-3-7-17-18-15/h4-5,8,12,16H,3,6-7H2,1-2H3,(H2,14,19). The van der Waals surface area contributed by atoms with Gasteiger partial charge in [-0.3, -0.25) is 4.79 Å². The van der Waals surface area contributed by atoms with Crippen molar-refractivity contribution in [2.24, 2.45) is 10.8 Å². The molecule has 1 amide bonds. The van der Waals surface area contributed by atoms with Crippen LogP contribution in [0.3, 0.4) is 0 Å². The van der Waals surface area contributed by atoms with E-state index in [0.717, 1.165) is 0 Å². The van der Waals surface area contributed by atoms with Crippen LogP contribution in [0, 0.1) is 0 Å². The highest BCUT2D eigenvalue weighted by Crippen LogP contribution is 2.29. The summed E-state index contributed by atoms with van der Waals surface area (Å²) >= 11 is 0. The van der Waals surface area contributed by atoms with Gasteiger partial charge in [-0.15, -0.1) is 0 Å². The van der Waals surface area contributed by atoms with E-state index in [-0.39, 0.29) is 0 Å². The van der Waals surface area contributed by atoms with Crippen LogP contribution < -0.4 is 20.5 Å². The molecule has 0 saturated heterocycles. The van der Waals surface area contributed by atoms with Crippen molar-refractivity contribution in [1.82, 2.24) is 5.32 Å². The second-order valence-corrected chi connectivity index (χ2v) is 4.21. The summed E-state index contributed by atoms with van der Waals surface area (Å²) in [6.07, 6.45) is 0.612. The Bertz CT molecular complexity index is 529. The minimum Gasteiger partial charge on any atom is -0.493 e. The largest absolute Gasteiger partial charge is 0.493 e. The molecule has 0 aliphatic carbocycles. The number of carbonyl (C=O) groups excluding carboxylic acids is 1. The zero-order valence-corrected chi connectivity index (χ0v) is 12.1. The third kappa shape index (κ3) is 4.87. The van der Waals surface area contributed by atoms with Gasteiger partial charge in [0.05, 0.1) is 14.2 Å². The predicted molar refractivity (Wildman–Crippen MR) is 78.1 cm³/mol. The first-order valence-corrected chi connectivity index (χ1v) is 6.39. The van der Waals surface area contributed by atoms with Crippen molar-refractivity contribution < 1.29 is 14.3 Å². The number of azide groups is 1. The Kier molecular flexibility index (Phi) is 6.86. The molecule has 0 radical (unpaired) electrons. The van der Waals surface area contributed by atoms with Crippen molar-refractivity contribution in [3.05, 3.63) is 34.2 Å². The highest BCUT2D eigenvalue weighted by Gasteiger charge is 2.18. The highest BCUT2D eigenvalue weighted by atomic mass is 16.5. The third-order valence-corrected chi connectivity index (χ3v) is 2.87. The molecule has 0 spiro atoms. The molecule has 0 aromatic heterocycles. The number of ether oxygens (including phenoxy) is 2. The molecule has 0 heterocycles. The molecular weight excluding hydrogens is 274 g/mol. The lowest BCUT2D eigenvalue weighted by Gasteiger charge is -2.17. The zero-order chi connectivity index (χ0) is 15.7. The smallest absolute Gasteiger partial charge is 0.239 e. The van der Waals surface area contributed by atoms with E-state index in [4.69, 9.17) is 20.7 Å². The molecule has 1 atom stereocenters. The van der Waals surface area contributed by atoms with Gasteiger partial charge in [0.2, 0.25) is 5.91 Å². The first-order valence-electron chi connectivity index (χ1n) is 6.39. The van der Waals surface area contributed by atoms with Crippen molar-refractivity contribution in [2.45, 2.75) is 12.5 Å². The zero-order valence-electron chi connectivity index (χ0n) is 12.1. The number of nitrogens with two attached hydrogens (primary N) is 1. The molecule has 114 valence electrons. The topological polar surface area (TPSA) is 122 Å². The maximum Gasteiger partial charge on any atom is 0.239 e. The summed E-state index contributed by atoms with van der Waals surface area (Å²) in [6.45, 7) is 0.863. The Morgan fingerprint density at radius 2 is 2.14 bits per heavy atom. The third-order valence-electron chi connectivity index (χ3n) is 2.87. The summed E-state index contributed by atoms with van der Waals surface area (Å²) in [4.78, 5) is 14.2. The van der Waals surface area contributed by atoms with Crippen LogP contribution in [-0.2, 0) is 4.79 Å². The van der Waals surface area contributed by atoms with Crippen LogP contribution in [0.1, 0.15) is 18.0 Å². The fraction of sp³-hybridized carbons (Fsp3) is 0.462. The molecule has 21 heavy (non-hydrogen) atoms. The molecular formula is C13H19N5O3. The molecule has 8 heteroatoms. The average Bonchev–Trinajstić information content (AvgIpc) is 2.49. The Hall–Kier alpha value is -2.44. The Morgan fingerprint density at radius 3 is 2.71 bits per heavy atom. The lowest BCUT2D eigenvalue weighted by atomic mass is 10.1. The van der Waals surface area contributed by atoms with Crippen molar-refractivity contribution in [1.29, 1.82) is 0 Å². The molecule has 0 bridgehead atoms. The van der Waals surface area contributed by atoms with Crippen molar-refractivity contribution in [2.75, 3.05) is 27.3 Å². The van der Waals surface area contributed by atoms with E-state index >= 15 is 0 Å². The van der Waals surface area contributed by atoms with E-state index in [1.165, 1.54) is 14.2 Å². The van der Waals surface area contributed by atoms with Gasteiger partial charge in [0.1, 0.15) is 6.04 Å². The van der Waals surface area contributed by atoms with Crippen molar-refractivity contribution in [3.63, 3.8) is 0 Å². The van der Waals surface area contributed by atoms with Crippen LogP contribution >= 0.6 is 0 Å². The molecule has 1 aromatic carbocycles. The minimum absolute atomic E-state index is 0.362. The molecule has 0 saturated carbocycles. The number of nitrogens with zero attached hydrogens (tertiary/aromatic N) is 3. The van der Waals surface area contributed by atoms with Gasteiger partial charge in [-0.05, 0) is 36.2 Å². The first kappa shape index (κ1) is 16.6. The van der Waals surface area contributed by atoms with Gasteiger partial charge in [-0.2, -0.15) is 0 Å². The van der Waals surface area contributed by atoms with Crippen LogP contribution in [0.4, 0.5) is 0 Å². The lowest BCUT2D eigenvalue weighted by Crippen LogP contribution is -2.34. The number of amides is 1. The van der Waals surface area contributed by atoms with Crippen molar-refractivity contribution in [3.8, 4) is 11.5 Å². The number of carbonyl (C=O) groups is 1. The van der Waals surface area contributed by atoms with Crippen LogP contribution in [0.5, 0.6) is 11.5 Å². The van der Waals surface area contributed by atoms with E-state index in [1.807, 2.05) is 0 Å². The quantitative estimate of drug-likeness (QED) is 0.310. The van der Waals surface area contributed by atoms with E-state index in [1.54, 1.807) is 18.2 Å². The number of primary amides is 1. The summed E-state index contributed by atoms with van der Waals surface area (Å²) in [6, 6.07) is 4.52. The second kappa shape index (κ2) is 8.68. The first-order chi connectivity index (χ1) is 10.1. The van der Waals surface area contributed by atoms with E-state index in [0.29, 0.717) is 36.6 Å². The summed E-state index contributed by atoms with van der Waals surface area (Å²) < 4.78 is 10.4. The van der Waals surface area contributed by atoms with E-state index in [9.17, 15) is 4.79 Å². The predicted octanol–water partition coefficient (Wildman–Crippen LogP) is 1.52. The Morgan fingerprint density at radius 1 is 1.43 bits per heavy atom. The monoisotopic (exact) mass is 293 g/mol. The average molecular weight is 293 g/mol. The van der Waals surface area contributed by atoms with Gasteiger partial charge in [0, 0.05) is 11.5 Å². The van der Waals surface area contributed by atoms with Gasteiger partial charge in [0.15, 0.2) is 11.5 Å². The van der Waals surface area contributed by atoms with Crippen molar-refractivity contribution >= 4 is 5.91 Å². The number of hydrogen-bond donors (Lipinski definition) is 2. The van der Waals surface area contributed by atoms with Gasteiger partial charge in [-0.1, -0.05) is 11.2 Å². The summed E-state index contributed by atoms with van der Waals surface area (Å²) in [5, 5.41) is 6.45. The fourth-order valence-electron chi connectivity index (χ4n) is 1.86. The second-order valence-electron chi connectivity index (χ2n) is 4.21. The Balaban J connectivity index is 2.80. The number of benzene rings is 1. The molecule has 1 unspecified atom stereocenters. The molecule has 8 nitrogen and oxygen atoms in total. The van der Waals surface area contributed by atoms with E-state index in [2.05, 4.69) is 15.3 Å². The van der Waals surface area contributed by atoms with Crippen LogP contribution in [-0.4, -0.2) is 33.2 Å². The molecule has 3 N–H and O–H groups in total. The van der Waals surface area contributed by atoms with Gasteiger partial charge in [-0.25, -0.2) is 0 Å². The lowest BCUT2D eigenvalue weighted by molar-refractivity contribution is -0.120. The van der Waals surface area contributed by atoms with E-state index < -0.39 is 11.9 Å². The number of hydrogen-bond acceptors (Lipinski definition) is 5. The molecule has 1 aromatic rings. The van der Waals surface area contributed by atoms with Crippen LogP contribution in [0.25, 0.3) is 10.4 Å². The van der Waals surface area contributed by atoms with Crippen LogP contribution in [0.15, 0.2) is 23.3 Å². The molecule has 0 aliphatic rings. The highest BCUT2D eigenvalue weighted by molar-refractivity contribution is 5.81.